The van der Waals surface area contributed by atoms with Crippen LogP contribution in [-0.4, -0.2) is 143 Å². The van der Waals surface area contributed by atoms with Gasteiger partial charge in [0.1, 0.15) is 36.5 Å². The van der Waals surface area contributed by atoms with Crippen LogP contribution in [0.4, 0.5) is 21.0 Å². The lowest BCUT2D eigenvalue weighted by Crippen LogP contribution is -2.53. The molecule has 0 aliphatic carbocycles. The number of ether oxygens (including phenoxy) is 3. The van der Waals surface area contributed by atoms with Crippen LogP contribution >= 0.6 is 0 Å². The second kappa shape index (κ2) is 21.2. The Morgan fingerprint density at radius 1 is 0.723 bits per heavy atom. The number of esters is 1. The topological polar surface area (TPSA) is 267 Å². The zero-order chi connectivity index (χ0) is 46.8. The van der Waals surface area contributed by atoms with Gasteiger partial charge in [-0.15, -0.1) is 0 Å². The summed E-state index contributed by atoms with van der Waals surface area (Å²) in [6.45, 7) is 9.48. The lowest BCUT2D eigenvalue weighted by atomic mass is 10.1. The molecule has 0 bridgehead atoms. The Hall–Kier alpha value is -6.88. The first-order valence-corrected chi connectivity index (χ1v) is 22.3. The Labute approximate surface area is 374 Å². The van der Waals surface area contributed by atoms with E-state index in [1.165, 1.54) is 29.6 Å². The molecule has 3 aliphatic heterocycles. The van der Waals surface area contributed by atoms with Gasteiger partial charge in [-0.2, -0.15) is 8.42 Å². The summed E-state index contributed by atoms with van der Waals surface area (Å²) in [5, 5.41) is 21.0. The highest BCUT2D eigenvalue weighted by Crippen LogP contribution is 2.25. The van der Waals surface area contributed by atoms with Crippen LogP contribution in [0.2, 0.25) is 0 Å². The van der Waals surface area contributed by atoms with Gasteiger partial charge in [0.2, 0.25) is 0 Å². The van der Waals surface area contributed by atoms with Crippen LogP contribution in [0.3, 0.4) is 0 Å². The lowest BCUT2D eigenvalue weighted by molar-refractivity contribution is -0.154. The third-order valence-corrected chi connectivity index (χ3v) is 10.8. The van der Waals surface area contributed by atoms with Gasteiger partial charge >= 0.3 is 18.2 Å². The summed E-state index contributed by atoms with van der Waals surface area (Å²) < 4.78 is 52.8. The first-order chi connectivity index (χ1) is 30.9. The number of benzene rings is 2. The number of carbonyl (C=O) groups is 5. The van der Waals surface area contributed by atoms with Crippen molar-refractivity contribution in [3.8, 4) is 0 Å². The molecular formula is C43H50N8O13S. The van der Waals surface area contributed by atoms with Gasteiger partial charge in [-0.3, -0.25) is 49.0 Å². The average Bonchev–Trinajstić information content (AvgIpc) is 4.12. The minimum atomic E-state index is -3.63. The number of amidine groups is 2. The summed E-state index contributed by atoms with van der Waals surface area (Å²) in [5.74, 6) is -1.24. The minimum absolute atomic E-state index is 0.0687. The van der Waals surface area contributed by atoms with Crippen LogP contribution in [-0.2, 0) is 33.3 Å². The van der Waals surface area contributed by atoms with E-state index in [1.54, 1.807) is 65.6 Å². The third-order valence-electron chi connectivity index (χ3n) is 10.2. The van der Waals surface area contributed by atoms with Gasteiger partial charge in [-0.1, -0.05) is 0 Å². The molecule has 21 nitrogen and oxygen atoms in total. The predicted molar refractivity (Wildman–Crippen MR) is 234 cm³/mol. The Morgan fingerprint density at radius 2 is 1.18 bits per heavy atom. The number of amides is 4. The standard InChI is InChI=1S/C26H33N5O6.C17H17N3O7S/c1-17(2)36-25(33)18(3)30-12-10-29(11-13-30)15-21-16-31(26(34)37-21)20-8-6-19(7-9-20)23(27)28-24(32)22-5-4-14-35-22;1-28(23,24)26-10-13-9-20(17(22)27-13)12-6-4-11(5-7-12)15(18)19-16(21)14-3-2-8-25-14/h4-9,14,17-18,21H,10-13,15-16H2,1-3H3,(H2,27,28,32);2-8,13H,9-10H2,1H3,(H2,18,19,21). The van der Waals surface area contributed by atoms with Gasteiger partial charge < -0.3 is 33.7 Å². The zero-order valence-electron chi connectivity index (χ0n) is 36.1. The normalized spacial score (nSPS) is 18.3. The number of piperazine rings is 1. The van der Waals surface area contributed by atoms with E-state index < -0.39 is 40.2 Å². The van der Waals surface area contributed by atoms with E-state index in [0.29, 0.717) is 35.6 Å². The monoisotopic (exact) mass is 918 g/mol. The SMILES string of the molecule is CC(C)OC(=O)C(C)N1CCN(CC2CN(c3ccc(C(=N)NC(=O)c4ccco4)cc3)C(=O)O2)CC1.CS(=O)(=O)OCC1CN(c2ccc(C(=N)NC(=O)c3ccco3)cc2)C(=O)O1. The largest absolute Gasteiger partial charge is 0.462 e. The Balaban J connectivity index is 0.000000224. The van der Waals surface area contributed by atoms with Gasteiger partial charge in [0.05, 0.1) is 38.0 Å². The van der Waals surface area contributed by atoms with Crippen molar-refractivity contribution >= 4 is 63.1 Å². The number of furan rings is 2. The second-order valence-corrected chi connectivity index (χ2v) is 17.1. The van der Waals surface area contributed by atoms with Gasteiger partial charge in [0.15, 0.2) is 11.5 Å². The number of nitrogens with zero attached hydrogens (tertiary/aromatic N) is 4. The molecule has 7 rings (SSSR count). The van der Waals surface area contributed by atoms with E-state index in [4.69, 9.17) is 33.9 Å². The fourth-order valence-electron chi connectivity index (χ4n) is 6.87. The summed E-state index contributed by atoms with van der Waals surface area (Å²) >= 11 is 0. The van der Waals surface area contributed by atoms with Gasteiger partial charge in [0, 0.05) is 55.2 Å². The second-order valence-electron chi connectivity index (χ2n) is 15.4. The number of rotatable bonds is 14. The number of nitrogens with one attached hydrogen (secondary N) is 4. The number of hydrogen-bond donors (Lipinski definition) is 4. The molecule has 65 heavy (non-hydrogen) atoms. The smallest absolute Gasteiger partial charge is 0.414 e. The molecule has 3 aliphatic rings. The van der Waals surface area contributed by atoms with E-state index in [1.807, 2.05) is 20.8 Å². The van der Waals surface area contributed by atoms with Crippen molar-refractivity contribution in [2.45, 2.75) is 45.1 Å². The van der Waals surface area contributed by atoms with Crippen molar-refractivity contribution in [1.82, 2.24) is 20.4 Å². The average molecular weight is 919 g/mol. The molecule has 2 aromatic heterocycles. The molecule has 346 valence electrons. The van der Waals surface area contributed by atoms with Crippen molar-refractivity contribution in [2.24, 2.45) is 0 Å². The van der Waals surface area contributed by atoms with Crippen LogP contribution in [0.5, 0.6) is 0 Å². The molecule has 22 heteroatoms. The fourth-order valence-corrected chi connectivity index (χ4v) is 7.27. The first-order valence-electron chi connectivity index (χ1n) is 20.5. The number of hydrogen-bond acceptors (Lipinski definition) is 17. The lowest BCUT2D eigenvalue weighted by Gasteiger charge is -2.37. The van der Waals surface area contributed by atoms with Gasteiger partial charge in [0.25, 0.3) is 21.9 Å². The summed E-state index contributed by atoms with van der Waals surface area (Å²) in [4.78, 5) is 68.0. The molecule has 0 saturated carbocycles. The van der Waals surface area contributed by atoms with E-state index in [0.717, 1.165) is 32.4 Å². The molecule has 4 aromatic rings. The van der Waals surface area contributed by atoms with Crippen LogP contribution in [0.15, 0.2) is 94.2 Å². The molecule has 0 spiro atoms. The third kappa shape index (κ3) is 13.1. The molecule has 3 unspecified atom stereocenters. The van der Waals surface area contributed by atoms with E-state index >= 15 is 0 Å². The Kier molecular flexibility index (Phi) is 15.5. The van der Waals surface area contributed by atoms with Crippen molar-refractivity contribution in [1.29, 1.82) is 10.8 Å². The van der Waals surface area contributed by atoms with Crippen molar-refractivity contribution in [3.63, 3.8) is 0 Å². The number of cyclic esters (lactones) is 2. The molecule has 0 radical (unpaired) electrons. The highest BCUT2D eigenvalue weighted by atomic mass is 32.2. The highest BCUT2D eigenvalue weighted by molar-refractivity contribution is 7.86. The molecule has 5 heterocycles. The summed E-state index contributed by atoms with van der Waals surface area (Å²) in [6.07, 6.45) is 1.51. The molecular weight excluding hydrogens is 869 g/mol. The number of carbonyl (C=O) groups excluding carboxylic acids is 5. The van der Waals surface area contributed by atoms with E-state index in [-0.39, 0.29) is 60.6 Å². The van der Waals surface area contributed by atoms with Gasteiger partial charge in [-0.05, 0) is 93.6 Å². The summed E-state index contributed by atoms with van der Waals surface area (Å²) in [5.41, 5.74) is 2.08. The van der Waals surface area contributed by atoms with Gasteiger partial charge in [-0.25, -0.2) is 9.59 Å². The van der Waals surface area contributed by atoms with Crippen LogP contribution < -0.4 is 20.4 Å². The molecule has 2 aromatic carbocycles. The summed E-state index contributed by atoms with van der Waals surface area (Å²) in [7, 11) is -3.63. The molecule has 4 N–H and O–H groups in total. The molecule has 3 atom stereocenters. The molecule has 3 fully saturated rings. The minimum Gasteiger partial charge on any atom is -0.462 e. The fraction of sp³-hybridized carbons (Fsp3) is 0.372. The maximum absolute atomic E-state index is 12.5. The highest BCUT2D eigenvalue weighted by Gasteiger charge is 2.36. The predicted octanol–water partition coefficient (Wildman–Crippen LogP) is 3.65. The quantitative estimate of drug-likeness (QED) is 0.0462. The molecule has 3 saturated heterocycles. The van der Waals surface area contributed by atoms with E-state index in [2.05, 4.69) is 24.6 Å². The Bertz CT molecular complexity index is 2440. The number of anilines is 2. The maximum atomic E-state index is 12.5. The maximum Gasteiger partial charge on any atom is 0.414 e. The first kappa shape index (κ1) is 47.6. The van der Waals surface area contributed by atoms with Crippen molar-refractivity contribution in [3.05, 3.63) is 108 Å². The van der Waals surface area contributed by atoms with Crippen molar-refractivity contribution in [2.75, 3.05) is 68.5 Å². The Morgan fingerprint density at radius 3 is 1.62 bits per heavy atom. The zero-order valence-corrected chi connectivity index (χ0v) is 36.9. The van der Waals surface area contributed by atoms with Crippen LogP contribution in [0.25, 0.3) is 0 Å². The van der Waals surface area contributed by atoms with Crippen LogP contribution in [0.1, 0.15) is 53.0 Å². The van der Waals surface area contributed by atoms with E-state index in [9.17, 15) is 32.4 Å². The molecule has 4 amide bonds. The van der Waals surface area contributed by atoms with Crippen LogP contribution in [0, 0.1) is 10.8 Å². The summed E-state index contributed by atoms with van der Waals surface area (Å²) in [6, 6.07) is 19.0. The van der Waals surface area contributed by atoms with Crippen molar-refractivity contribution < 1.29 is 59.6 Å².